The SMILES string of the molecule is [C-]#[N+]CC(F)(F)c1ccccc1O. The zero-order valence-corrected chi connectivity index (χ0v) is 6.67. The zero-order chi connectivity index (χ0) is 9.90. The summed E-state index contributed by atoms with van der Waals surface area (Å²) in [4.78, 5) is 2.61. The summed E-state index contributed by atoms with van der Waals surface area (Å²) in [5.74, 6) is -3.75. The second-order valence-electron chi connectivity index (χ2n) is 2.54. The number of phenolic OH excluding ortho intramolecular Hbond substituents is 1. The quantitative estimate of drug-likeness (QED) is 0.699. The van der Waals surface area contributed by atoms with E-state index in [0.717, 1.165) is 6.07 Å². The lowest BCUT2D eigenvalue weighted by molar-refractivity contribution is 0.0119. The Morgan fingerprint density at radius 1 is 1.38 bits per heavy atom. The van der Waals surface area contributed by atoms with E-state index in [2.05, 4.69) is 4.85 Å². The monoisotopic (exact) mass is 183 g/mol. The van der Waals surface area contributed by atoms with E-state index in [1.807, 2.05) is 0 Å². The largest absolute Gasteiger partial charge is 0.507 e. The van der Waals surface area contributed by atoms with E-state index in [1.165, 1.54) is 18.2 Å². The third-order valence-corrected chi connectivity index (χ3v) is 1.58. The summed E-state index contributed by atoms with van der Waals surface area (Å²) >= 11 is 0. The molecule has 0 fully saturated rings. The Morgan fingerprint density at radius 2 is 2.00 bits per heavy atom. The summed E-state index contributed by atoms with van der Waals surface area (Å²) < 4.78 is 26.1. The van der Waals surface area contributed by atoms with Crippen LogP contribution in [0.3, 0.4) is 0 Å². The second-order valence-corrected chi connectivity index (χ2v) is 2.54. The van der Waals surface area contributed by atoms with Crippen molar-refractivity contribution in [3.05, 3.63) is 41.2 Å². The van der Waals surface area contributed by atoms with Gasteiger partial charge in [-0.3, -0.25) is 0 Å². The second kappa shape index (κ2) is 3.40. The van der Waals surface area contributed by atoms with Crippen molar-refractivity contribution in [2.24, 2.45) is 0 Å². The summed E-state index contributed by atoms with van der Waals surface area (Å²) in [6, 6.07) is 5.13. The van der Waals surface area contributed by atoms with Gasteiger partial charge >= 0.3 is 5.92 Å². The number of benzene rings is 1. The lowest BCUT2D eigenvalue weighted by Gasteiger charge is -2.11. The molecule has 1 N–H and O–H groups in total. The molecule has 0 atom stereocenters. The number of phenols is 1. The summed E-state index contributed by atoms with van der Waals surface area (Å²) in [6.07, 6.45) is 0. The van der Waals surface area contributed by atoms with Crippen LogP contribution in [0.4, 0.5) is 8.78 Å². The zero-order valence-electron chi connectivity index (χ0n) is 6.67. The fourth-order valence-electron chi connectivity index (χ4n) is 0.967. The van der Waals surface area contributed by atoms with Gasteiger partial charge in [-0.15, -0.1) is 0 Å². The first-order chi connectivity index (χ1) is 6.08. The van der Waals surface area contributed by atoms with Crippen LogP contribution in [0.1, 0.15) is 5.56 Å². The van der Waals surface area contributed by atoms with E-state index in [9.17, 15) is 8.78 Å². The number of rotatable bonds is 2. The average molecular weight is 183 g/mol. The minimum absolute atomic E-state index is 0.476. The molecule has 2 nitrogen and oxygen atoms in total. The third kappa shape index (κ3) is 1.94. The highest BCUT2D eigenvalue weighted by atomic mass is 19.3. The smallest absolute Gasteiger partial charge is 0.346 e. The van der Waals surface area contributed by atoms with Crippen LogP contribution in [0.2, 0.25) is 0 Å². The molecule has 68 valence electrons. The van der Waals surface area contributed by atoms with Crippen LogP contribution < -0.4 is 0 Å². The van der Waals surface area contributed by atoms with Crippen molar-refractivity contribution in [2.75, 3.05) is 6.54 Å². The minimum atomic E-state index is -3.27. The van der Waals surface area contributed by atoms with Crippen molar-refractivity contribution in [1.29, 1.82) is 0 Å². The van der Waals surface area contributed by atoms with Gasteiger partial charge in [0, 0.05) is 0 Å². The molecule has 4 heteroatoms. The molecule has 1 aromatic rings. The third-order valence-electron chi connectivity index (χ3n) is 1.58. The lowest BCUT2D eigenvalue weighted by Crippen LogP contribution is -2.16. The molecule has 1 rings (SSSR count). The summed E-state index contributed by atoms with van der Waals surface area (Å²) in [7, 11) is 0. The van der Waals surface area contributed by atoms with Crippen molar-refractivity contribution in [3.8, 4) is 5.75 Å². The molecule has 0 radical (unpaired) electrons. The molecule has 0 aliphatic rings. The lowest BCUT2D eigenvalue weighted by atomic mass is 10.1. The molecular weight excluding hydrogens is 176 g/mol. The Hall–Kier alpha value is -1.63. The topological polar surface area (TPSA) is 24.6 Å². The highest BCUT2D eigenvalue weighted by Crippen LogP contribution is 2.34. The van der Waals surface area contributed by atoms with E-state index in [4.69, 9.17) is 11.7 Å². The number of hydrogen-bond donors (Lipinski definition) is 1. The summed E-state index contributed by atoms with van der Waals surface area (Å²) in [6.45, 7) is 5.40. The Kier molecular flexibility index (Phi) is 2.47. The Bertz CT molecular complexity index is 344. The first-order valence-corrected chi connectivity index (χ1v) is 3.57. The highest BCUT2D eigenvalue weighted by Gasteiger charge is 2.37. The Labute approximate surface area is 74.3 Å². The van der Waals surface area contributed by atoms with Crippen molar-refractivity contribution < 1.29 is 13.9 Å². The number of halogens is 2. The molecule has 0 saturated heterocycles. The van der Waals surface area contributed by atoms with Crippen LogP contribution >= 0.6 is 0 Å². The van der Waals surface area contributed by atoms with Crippen LogP contribution in [0.15, 0.2) is 24.3 Å². The Morgan fingerprint density at radius 3 is 2.54 bits per heavy atom. The number of para-hydroxylation sites is 1. The van der Waals surface area contributed by atoms with Gasteiger partial charge < -0.3 is 9.95 Å². The molecule has 1 aromatic carbocycles. The summed E-state index contributed by atoms with van der Waals surface area (Å²) in [5.41, 5.74) is -0.494. The van der Waals surface area contributed by atoms with Gasteiger partial charge in [0.05, 0.1) is 5.56 Å². The van der Waals surface area contributed by atoms with Crippen LogP contribution in [-0.4, -0.2) is 11.7 Å². The van der Waals surface area contributed by atoms with Crippen LogP contribution in [0, 0.1) is 6.57 Å². The van der Waals surface area contributed by atoms with Crippen molar-refractivity contribution in [2.45, 2.75) is 5.92 Å². The number of hydrogen-bond acceptors (Lipinski definition) is 1. The van der Waals surface area contributed by atoms with E-state index in [0.29, 0.717) is 0 Å². The number of alkyl halides is 2. The molecule has 0 aliphatic heterocycles. The van der Waals surface area contributed by atoms with Gasteiger partial charge in [-0.1, -0.05) is 12.1 Å². The van der Waals surface area contributed by atoms with Crippen molar-refractivity contribution >= 4 is 0 Å². The normalized spacial score (nSPS) is 10.8. The van der Waals surface area contributed by atoms with Gasteiger partial charge in [0.2, 0.25) is 0 Å². The molecule has 0 bridgehead atoms. The predicted molar refractivity (Wildman–Crippen MR) is 43.5 cm³/mol. The van der Waals surface area contributed by atoms with E-state index in [1.54, 1.807) is 0 Å². The van der Waals surface area contributed by atoms with E-state index >= 15 is 0 Å². The first kappa shape index (κ1) is 9.46. The molecule has 0 aromatic heterocycles. The molecule has 0 unspecified atom stereocenters. The van der Waals surface area contributed by atoms with Crippen molar-refractivity contribution in [3.63, 3.8) is 0 Å². The average Bonchev–Trinajstić information content (AvgIpc) is 2.04. The van der Waals surface area contributed by atoms with Crippen LogP contribution in [-0.2, 0) is 5.92 Å². The predicted octanol–water partition coefficient (Wildman–Crippen LogP) is 2.40. The first-order valence-electron chi connectivity index (χ1n) is 3.57. The van der Waals surface area contributed by atoms with E-state index in [-0.39, 0.29) is 0 Å². The maximum atomic E-state index is 13.0. The van der Waals surface area contributed by atoms with Gasteiger partial charge in [0.15, 0.2) is 0 Å². The maximum absolute atomic E-state index is 13.0. The van der Waals surface area contributed by atoms with Crippen molar-refractivity contribution in [1.82, 2.24) is 0 Å². The molecule has 0 aliphatic carbocycles. The fourth-order valence-corrected chi connectivity index (χ4v) is 0.967. The van der Waals surface area contributed by atoms with Crippen LogP contribution in [0.5, 0.6) is 5.75 Å². The van der Waals surface area contributed by atoms with E-state index < -0.39 is 23.8 Å². The Balaban J connectivity index is 3.08. The van der Waals surface area contributed by atoms with Crippen LogP contribution in [0.25, 0.3) is 4.85 Å². The molecule has 0 spiro atoms. The van der Waals surface area contributed by atoms with Gasteiger partial charge in [0.1, 0.15) is 5.75 Å². The maximum Gasteiger partial charge on any atom is 0.346 e. The number of nitrogens with zero attached hydrogens (tertiary/aromatic N) is 1. The molecule has 13 heavy (non-hydrogen) atoms. The minimum Gasteiger partial charge on any atom is -0.507 e. The highest BCUT2D eigenvalue weighted by molar-refractivity contribution is 5.35. The van der Waals surface area contributed by atoms with Gasteiger partial charge in [0.25, 0.3) is 6.54 Å². The summed E-state index contributed by atoms with van der Waals surface area (Å²) in [5, 5.41) is 9.09. The standard InChI is InChI=1S/C9H7F2NO/c1-12-6-9(10,11)7-4-2-3-5-8(7)13/h2-5,13H,6H2. The molecule has 0 heterocycles. The number of aromatic hydroxyl groups is 1. The molecule has 0 amide bonds. The van der Waals surface area contributed by atoms with Gasteiger partial charge in [-0.2, -0.15) is 8.78 Å². The van der Waals surface area contributed by atoms with Gasteiger partial charge in [-0.25, -0.2) is 6.57 Å². The fraction of sp³-hybridized carbons (Fsp3) is 0.222. The molecular formula is C9H7F2NO. The molecule has 0 saturated carbocycles. The van der Waals surface area contributed by atoms with Gasteiger partial charge in [-0.05, 0) is 12.1 Å².